The number of nitriles is 1. The minimum atomic E-state index is -0.519. The Labute approximate surface area is 151 Å². The van der Waals surface area contributed by atoms with E-state index in [9.17, 15) is 10.1 Å². The van der Waals surface area contributed by atoms with Gasteiger partial charge in [-0.25, -0.2) is 4.68 Å². The fraction of sp³-hybridized carbons (Fsp3) is 0.150. The molecule has 0 aliphatic rings. The molecule has 130 valence electrons. The summed E-state index contributed by atoms with van der Waals surface area (Å²) in [7, 11) is 0. The van der Waals surface area contributed by atoms with Crippen LogP contribution in [0.25, 0.3) is 11.8 Å². The third-order valence-electron chi connectivity index (χ3n) is 3.76. The highest BCUT2D eigenvalue weighted by molar-refractivity contribution is 6.09. The number of anilines is 1. The lowest BCUT2D eigenvalue weighted by Crippen LogP contribution is -2.16. The lowest BCUT2D eigenvalue weighted by Gasteiger charge is -2.08. The smallest absolute Gasteiger partial charge is 0.267 e. The first-order valence-electron chi connectivity index (χ1n) is 8.09. The number of rotatable bonds is 4. The predicted octanol–water partition coefficient (Wildman–Crippen LogP) is 3.94. The molecule has 0 unspecified atom stereocenters. The van der Waals surface area contributed by atoms with Crippen molar-refractivity contribution in [2.75, 3.05) is 5.32 Å². The van der Waals surface area contributed by atoms with E-state index in [2.05, 4.69) is 10.4 Å². The van der Waals surface area contributed by atoms with Crippen LogP contribution in [0.1, 0.15) is 22.8 Å². The highest BCUT2D eigenvalue weighted by Crippen LogP contribution is 2.19. The van der Waals surface area contributed by atoms with E-state index in [1.807, 2.05) is 44.2 Å². The van der Waals surface area contributed by atoms with Crippen molar-refractivity contribution in [3.05, 3.63) is 70.8 Å². The number of nitrogens with zero attached hydrogens (tertiary/aromatic N) is 3. The van der Waals surface area contributed by atoms with Crippen molar-refractivity contribution in [2.45, 2.75) is 20.8 Å². The zero-order valence-corrected chi connectivity index (χ0v) is 14.8. The molecule has 0 spiro atoms. The van der Waals surface area contributed by atoms with Crippen molar-refractivity contribution < 1.29 is 9.21 Å². The summed E-state index contributed by atoms with van der Waals surface area (Å²) in [5, 5.41) is 16.5. The van der Waals surface area contributed by atoms with E-state index < -0.39 is 5.91 Å². The molecule has 1 aromatic carbocycles. The molecule has 0 atom stereocenters. The van der Waals surface area contributed by atoms with Crippen molar-refractivity contribution in [3.63, 3.8) is 0 Å². The van der Waals surface area contributed by atoms with Crippen LogP contribution in [0.3, 0.4) is 0 Å². The average Bonchev–Trinajstić information content (AvgIpc) is 3.18. The summed E-state index contributed by atoms with van der Waals surface area (Å²) >= 11 is 0. The van der Waals surface area contributed by atoms with Gasteiger partial charge in [0.1, 0.15) is 29.0 Å². The number of amides is 1. The Kier molecular flexibility index (Phi) is 4.72. The van der Waals surface area contributed by atoms with Gasteiger partial charge in [-0.1, -0.05) is 17.7 Å². The quantitative estimate of drug-likeness (QED) is 0.573. The number of carbonyl (C=O) groups excluding carboxylic acids is 1. The Morgan fingerprint density at radius 2 is 1.92 bits per heavy atom. The molecule has 2 heterocycles. The van der Waals surface area contributed by atoms with Gasteiger partial charge in [-0.05, 0) is 45.0 Å². The molecular formula is C20H18N4O2. The first-order valence-corrected chi connectivity index (χ1v) is 8.09. The van der Waals surface area contributed by atoms with Crippen LogP contribution in [-0.2, 0) is 4.79 Å². The van der Waals surface area contributed by atoms with E-state index in [1.54, 1.807) is 29.8 Å². The second kappa shape index (κ2) is 7.11. The van der Waals surface area contributed by atoms with E-state index in [4.69, 9.17) is 4.42 Å². The second-order valence-corrected chi connectivity index (χ2v) is 5.99. The van der Waals surface area contributed by atoms with Crippen LogP contribution in [0.2, 0.25) is 0 Å². The van der Waals surface area contributed by atoms with Gasteiger partial charge in [0, 0.05) is 12.1 Å². The zero-order chi connectivity index (χ0) is 18.7. The molecule has 3 rings (SSSR count). The molecule has 0 aliphatic carbocycles. The number of carbonyl (C=O) groups is 1. The van der Waals surface area contributed by atoms with Crippen molar-refractivity contribution in [1.29, 1.82) is 5.26 Å². The van der Waals surface area contributed by atoms with Gasteiger partial charge in [0.25, 0.3) is 5.91 Å². The molecule has 1 N–H and O–H groups in total. The standard InChI is InChI=1S/C20H18N4O2/c1-13-4-7-17(8-5-13)24-19(10-14(2)23-24)22-20(25)16(12-21)11-18-9-6-15(3)26-18/h4-11H,1-3H3,(H,22,25)/b16-11+. The molecule has 0 radical (unpaired) electrons. The molecular weight excluding hydrogens is 328 g/mol. The fourth-order valence-electron chi connectivity index (χ4n) is 2.48. The van der Waals surface area contributed by atoms with Crippen molar-refractivity contribution >= 4 is 17.8 Å². The topological polar surface area (TPSA) is 83.9 Å². The minimum absolute atomic E-state index is 0.0475. The molecule has 0 fully saturated rings. The van der Waals surface area contributed by atoms with Crippen LogP contribution in [0.4, 0.5) is 5.82 Å². The summed E-state index contributed by atoms with van der Waals surface area (Å²) in [5.41, 5.74) is 2.66. The van der Waals surface area contributed by atoms with Crippen LogP contribution in [0, 0.1) is 32.1 Å². The number of aromatic nitrogens is 2. The van der Waals surface area contributed by atoms with E-state index in [0.29, 0.717) is 17.3 Å². The molecule has 0 bridgehead atoms. The van der Waals surface area contributed by atoms with Crippen molar-refractivity contribution in [3.8, 4) is 11.8 Å². The van der Waals surface area contributed by atoms with Gasteiger partial charge in [-0.3, -0.25) is 4.79 Å². The van der Waals surface area contributed by atoms with Gasteiger partial charge in [0.2, 0.25) is 0 Å². The molecule has 26 heavy (non-hydrogen) atoms. The van der Waals surface area contributed by atoms with Crippen LogP contribution in [0.5, 0.6) is 0 Å². The Balaban J connectivity index is 1.88. The van der Waals surface area contributed by atoms with Crippen LogP contribution in [-0.4, -0.2) is 15.7 Å². The van der Waals surface area contributed by atoms with Crippen molar-refractivity contribution in [1.82, 2.24) is 9.78 Å². The van der Waals surface area contributed by atoms with E-state index in [1.165, 1.54) is 6.08 Å². The SMILES string of the molecule is Cc1ccc(-n2nc(C)cc2NC(=O)/C(C#N)=C/c2ccc(C)o2)cc1. The molecule has 6 heteroatoms. The average molecular weight is 346 g/mol. The van der Waals surface area contributed by atoms with Crippen LogP contribution >= 0.6 is 0 Å². The summed E-state index contributed by atoms with van der Waals surface area (Å²) in [4.78, 5) is 12.5. The maximum absolute atomic E-state index is 12.5. The maximum Gasteiger partial charge on any atom is 0.267 e. The summed E-state index contributed by atoms with van der Waals surface area (Å²) < 4.78 is 7.04. The zero-order valence-electron chi connectivity index (χ0n) is 14.8. The molecule has 3 aromatic rings. The Bertz CT molecular complexity index is 1020. The summed E-state index contributed by atoms with van der Waals surface area (Å²) in [6.07, 6.45) is 1.42. The van der Waals surface area contributed by atoms with Gasteiger partial charge in [-0.15, -0.1) is 0 Å². The van der Waals surface area contributed by atoms with Gasteiger partial charge in [-0.2, -0.15) is 10.4 Å². The van der Waals surface area contributed by atoms with Gasteiger partial charge in [0.05, 0.1) is 11.4 Å². The number of furan rings is 1. The molecule has 0 saturated heterocycles. The first-order chi connectivity index (χ1) is 12.5. The molecule has 6 nitrogen and oxygen atoms in total. The summed E-state index contributed by atoms with van der Waals surface area (Å²) in [5.74, 6) is 1.14. The normalized spacial score (nSPS) is 11.2. The number of hydrogen-bond acceptors (Lipinski definition) is 4. The maximum atomic E-state index is 12.5. The second-order valence-electron chi connectivity index (χ2n) is 5.99. The van der Waals surface area contributed by atoms with Gasteiger partial charge < -0.3 is 9.73 Å². The van der Waals surface area contributed by atoms with Gasteiger partial charge >= 0.3 is 0 Å². The number of hydrogen-bond donors (Lipinski definition) is 1. The van der Waals surface area contributed by atoms with E-state index in [-0.39, 0.29) is 5.57 Å². The van der Waals surface area contributed by atoms with Crippen LogP contribution in [0.15, 0.2) is 52.5 Å². The first kappa shape index (κ1) is 17.2. The Morgan fingerprint density at radius 3 is 2.54 bits per heavy atom. The summed E-state index contributed by atoms with van der Waals surface area (Å²) in [6, 6.07) is 14.9. The Hall–Kier alpha value is -3.59. The van der Waals surface area contributed by atoms with E-state index >= 15 is 0 Å². The number of aryl methyl sites for hydroxylation is 3. The highest BCUT2D eigenvalue weighted by atomic mass is 16.3. The van der Waals surface area contributed by atoms with Crippen LogP contribution < -0.4 is 5.32 Å². The lowest BCUT2D eigenvalue weighted by molar-refractivity contribution is -0.112. The van der Waals surface area contributed by atoms with Gasteiger partial charge in [0.15, 0.2) is 0 Å². The van der Waals surface area contributed by atoms with E-state index in [0.717, 1.165) is 16.9 Å². The molecule has 1 amide bonds. The Morgan fingerprint density at radius 1 is 1.19 bits per heavy atom. The fourth-order valence-corrected chi connectivity index (χ4v) is 2.48. The van der Waals surface area contributed by atoms with Crippen molar-refractivity contribution in [2.24, 2.45) is 0 Å². The minimum Gasteiger partial charge on any atom is -0.462 e. The monoisotopic (exact) mass is 346 g/mol. The molecule has 0 saturated carbocycles. The number of benzene rings is 1. The third kappa shape index (κ3) is 3.73. The largest absolute Gasteiger partial charge is 0.462 e. The number of nitrogens with one attached hydrogen (secondary N) is 1. The third-order valence-corrected chi connectivity index (χ3v) is 3.76. The lowest BCUT2D eigenvalue weighted by atomic mass is 10.2. The molecule has 0 aliphatic heterocycles. The summed E-state index contributed by atoms with van der Waals surface area (Å²) in [6.45, 7) is 5.64. The molecule has 2 aromatic heterocycles. The highest BCUT2D eigenvalue weighted by Gasteiger charge is 2.15. The predicted molar refractivity (Wildman–Crippen MR) is 98.7 cm³/mol.